The van der Waals surface area contributed by atoms with E-state index in [2.05, 4.69) is 21.2 Å². The highest BCUT2D eigenvalue weighted by Gasteiger charge is 2.54. The van der Waals surface area contributed by atoms with Gasteiger partial charge in [-0.3, -0.25) is 4.90 Å². The van der Waals surface area contributed by atoms with Gasteiger partial charge >= 0.3 is 6.09 Å². The van der Waals surface area contributed by atoms with Crippen LogP contribution in [0, 0.1) is 17.7 Å². The van der Waals surface area contributed by atoms with E-state index in [4.69, 9.17) is 4.74 Å². The van der Waals surface area contributed by atoms with E-state index in [0.717, 1.165) is 95.3 Å². The monoisotopic (exact) mass is 670 g/mol. The number of amides is 1. The lowest BCUT2D eigenvalue weighted by Crippen LogP contribution is -2.65. The van der Waals surface area contributed by atoms with Crippen LogP contribution in [0.3, 0.4) is 0 Å². The minimum absolute atomic E-state index is 0.0528. The zero-order valence-electron chi connectivity index (χ0n) is 27.4. The average molecular weight is 671 g/mol. The number of methoxy groups -OCH3 is 1. The molecule has 5 aliphatic rings. The Morgan fingerprint density at radius 3 is 2.30 bits per heavy atom. The first-order chi connectivity index (χ1) is 22.6. The fourth-order valence-electron chi connectivity index (χ4n) is 9.08. The van der Waals surface area contributed by atoms with E-state index in [-0.39, 0.29) is 47.4 Å². The van der Waals surface area contributed by atoms with Gasteiger partial charge in [0.25, 0.3) is 0 Å². The number of halogens is 2. The molecule has 3 heterocycles. The zero-order valence-corrected chi connectivity index (χ0v) is 28.2. The van der Waals surface area contributed by atoms with E-state index >= 15 is 4.39 Å². The summed E-state index contributed by atoms with van der Waals surface area (Å²) in [7, 11) is -1.84. The second-order valence-corrected chi connectivity index (χ2v) is 17.0. The first-order valence-corrected chi connectivity index (χ1v) is 19.0. The van der Waals surface area contributed by atoms with Gasteiger partial charge in [0.2, 0.25) is 0 Å². The maximum atomic E-state index is 16.0. The summed E-state index contributed by atoms with van der Waals surface area (Å²) >= 11 is 0. The topological polar surface area (TPSA) is 82.2 Å². The lowest BCUT2D eigenvalue weighted by Gasteiger charge is -2.54. The highest BCUT2D eigenvalue weighted by Crippen LogP contribution is 2.51. The molecule has 11 heteroatoms. The number of nitrogens with one attached hydrogen (secondary N) is 1. The number of alkyl halides is 1. The molecule has 0 radical (unpaired) electrons. The number of piperidine rings is 1. The number of carbonyl (C=O) groups is 1. The first-order valence-electron chi connectivity index (χ1n) is 17.4. The van der Waals surface area contributed by atoms with Crippen LogP contribution in [0.5, 0.6) is 0 Å². The molecule has 3 saturated heterocycles. The molecule has 0 aromatic heterocycles. The standard InChI is InChI=1S/C36H48F2N4O4S/c1-46-34(43)39-33-8-3-7-32(33)36(25-40-17-4-18-40,27-5-2-6-28(37)21-27)26-15-19-41(20-16-26)22-35(38)23-42(24-35)29-9-11-30(12-10-29)47(44,45)31-13-14-31/h2,5-6,9-12,21,26,31-33H,3-4,7-8,13-20,22-25H2,1H3,(H,39,43)/t32-,33-,36?/m0/s1. The average Bonchev–Trinajstić information content (AvgIpc) is 3.80. The van der Waals surface area contributed by atoms with Gasteiger partial charge in [0.15, 0.2) is 15.5 Å². The highest BCUT2D eigenvalue weighted by molar-refractivity contribution is 7.92. The molecule has 2 aromatic rings. The number of hydrogen-bond donors (Lipinski definition) is 1. The third kappa shape index (κ3) is 6.52. The summed E-state index contributed by atoms with van der Waals surface area (Å²) in [6.45, 7) is 5.34. The van der Waals surface area contributed by atoms with Gasteiger partial charge < -0.3 is 19.9 Å². The third-order valence-electron chi connectivity index (χ3n) is 11.7. The van der Waals surface area contributed by atoms with Gasteiger partial charge in [-0.05, 0) is 125 Å². The number of nitrogens with zero attached hydrogens (tertiary/aromatic N) is 3. The summed E-state index contributed by atoms with van der Waals surface area (Å²) in [5, 5.41) is 2.89. The molecule has 2 aromatic carbocycles. The summed E-state index contributed by atoms with van der Waals surface area (Å²) < 4.78 is 61.1. The van der Waals surface area contributed by atoms with Gasteiger partial charge in [-0.15, -0.1) is 0 Å². The Hall–Kier alpha value is -2.76. The minimum atomic E-state index is -3.24. The molecular formula is C36H48F2N4O4S. The van der Waals surface area contributed by atoms with E-state index in [0.29, 0.717) is 11.4 Å². The third-order valence-corrected chi connectivity index (χ3v) is 14.0. The van der Waals surface area contributed by atoms with E-state index < -0.39 is 21.6 Å². The van der Waals surface area contributed by atoms with Crippen molar-refractivity contribution in [1.82, 2.24) is 15.1 Å². The summed E-state index contributed by atoms with van der Waals surface area (Å²) in [4.78, 5) is 19.5. The molecule has 2 aliphatic carbocycles. The summed E-state index contributed by atoms with van der Waals surface area (Å²) in [6.07, 6.45) is 6.78. The maximum absolute atomic E-state index is 16.0. The number of carbonyl (C=O) groups excluding carboxylic acids is 1. The Morgan fingerprint density at radius 2 is 1.68 bits per heavy atom. The van der Waals surface area contributed by atoms with Crippen molar-refractivity contribution in [3.05, 3.63) is 59.9 Å². The SMILES string of the molecule is COC(=O)N[C@H]1CCC[C@@H]1C(CN1CCC1)(c1cccc(F)c1)C1CCN(CC2(F)CN(c3ccc(S(=O)(=O)C4CC4)cc3)C2)CC1. The van der Waals surface area contributed by atoms with Gasteiger partial charge in [0, 0.05) is 30.2 Å². The summed E-state index contributed by atoms with van der Waals surface area (Å²) in [5.41, 5.74) is 0.184. The molecule has 8 nitrogen and oxygen atoms in total. The number of anilines is 1. The van der Waals surface area contributed by atoms with Crippen LogP contribution in [0.1, 0.15) is 56.9 Å². The molecule has 0 bridgehead atoms. The van der Waals surface area contributed by atoms with Crippen LogP contribution in [0.4, 0.5) is 19.3 Å². The van der Waals surface area contributed by atoms with Crippen LogP contribution in [0.15, 0.2) is 53.4 Å². The largest absolute Gasteiger partial charge is 0.453 e. The van der Waals surface area contributed by atoms with Crippen molar-refractivity contribution in [2.75, 3.05) is 64.4 Å². The molecule has 1 N–H and O–H groups in total. The van der Waals surface area contributed by atoms with Crippen molar-refractivity contribution in [1.29, 1.82) is 0 Å². The smallest absolute Gasteiger partial charge is 0.407 e. The van der Waals surface area contributed by atoms with Gasteiger partial charge in [-0.2, -0.15) is 0 Å². The predicted octanol–water partition coefficient (Wildman–Crippen LogP) is 5.17. The van der Waals surface area contributed by atoms with Crippen molar-refractivity contribution in [3.63, 3.8) is 0 Å². The highest BCUT2D eigenvalue weighted by atomic mass is 32.2. The molecular weight excluding hydrogens is 622 g/mol. The Kier molecular flexibility index (Phi) is 9.02. The van der Waals surface area contributed by atoms with Crippen molar-refractivity contribution in [3.8, 4) is 0 Å². The molecule has 47 heavy (non-hydrogen) atoms. The maximum Gasteiger partial charge on any atom is 0.407 e. The molecule has 256 valence electrons. The van der Waals surface area contributed by atoms with Crippen LogP contribution >= 0.6 is 0 Å². The van der Waals surface area contributed by atoms with Gasteiger partial charge in [0.1, 0.15) is 5.82 Å². The number of alkyl carbamates (subject to hydrolysis) is 1. The van der Waals surface area contributed by atoms with Crippen LogP contribution in [0.25, 0.3) is 0 Å². The number of ether oxygens (including phenoxy) is 1. The van der Waals surface area contributed by atoms with Crippen molar-refractivity contribution in [2.45, 2.75) is 78.6 Å². The van der Waals surface area contributed by atoms with E-state index in [1.165, 1.54) is 13.2 Å². The van der Waals surface area contributed by atoms with E-state index in [1.54, 1.807) is 30.3 Å². The Labute approximate surface area is 277 Å². The molecule has 2 saturated carbocycles. The second kappa shape index (κ2) is 12.9. The minimum Gasteiger partial charge on any atom is -0.453 e. The second-order valence-electron chi connectivity index (χ2n) is 14.8. The number of rotatable bonds is 11. The van der Waals surface area contributed by atoms with E-state index in [9.17, 15) is 17.6 Å². The Bertz CT molecular complexity index is 1540. The Balaban J connectivity index is 1.05. The number of sulfone groups is 1. The quantitative estimate of drug-likeness (QED) is 0.354. The Morgan fingerprint density at radius 1 is 0.957 bits per heavy atom. The molecule has 3 atom stereocenters. The molecule has 3 aliphatic heterocycles. The molecule has 1 unspecified atom stereocenters. The number of hydrogen-bond acceptors (Lipinski definition) is 7. The zero-order chi connectivity index (χ0) is 32.8. The van der Waals surface area contributed by atoms with Crippen LogP contribution in [-0.2, 0) is 20.0 Å². The van der Waals surface area contributed by atoms with Gasteiger partial charge in [-0.25, -0.2) is 22.0 Å². The van der Waals surface area contributed by atoms with Gasteiger partial charge in [0.05, 0.1) is 30.3 Å². The van der Waals surface area contributed by atoms with E-state index in [1.807, 2.05) is 11.0 Å². The fourth-order valence-corrected chi connectivity index (χ4v) is 10.7. The summed E-state index contributed by atoms with van der Waals surface area (Å²) in [5.74, 6) is 0.153. The lowest BCUT2D eigenvalue weighted by atomic mass is 9.57. The lowest BCUT2D eigenvalue weighted by molar-refractivity contribution is 0.00584. The molecule has 7 rings (SSSR count). The number of likely N-dealkylation sites (tertiary alicyclic amines) is 2. The molecule has 0 spiro atoms. The predicted molar refractivity (Wildman–Crippen MR) is 178 cm³/mol. The van der Waals surface area contributed by atoms with Crippen LogP contribution < -0.4 is 10.2 Å². The first kappa shape index (κ1) is 32.8. The van der Waals surface area contributed by atoms with Crippen molar-refractivity contribution in [2.24, 2.45) is 11.8 Å². The summed E-state index contributed by atoms with van der Waals surface area (Å²) in [6, 6.07) is 14.0. The normalized spacial score (nSPS) is 26.7. The van der Waals surface area contributed by atoms with Crippen LogP contribution in [-0.4, -0.2) is 101 Å². The number of benzene rings is 2. The van der Waals surface area contributed by atoms with Crippen LogP contribution in [0.2, 0.25) is 0 Å². The van der Waals surface area contributed by atoms with Crippen molar-refractivity contribution >= 4 is 21.6 Å². The van der Waals surface area contributed by atoms with Gasteiger partial charge in [-0.1, -0.05) is 18.6 Å². The van der Waals surface area contributed by atoms with Crippen molar-refractivity contribution < 1.29 is 26.7 Å². The molecule has 1 amide bonds. The fraction of sp³-hybridized carbons (Fsp3) is 0.639. The molecule has 5 fully saturated rings.